The van der Waals surface area contributed by atoms with Gasteiger partial charge in [0, 0.05) is 49.3 Å². The number of likely N-dealkylation sites (N-methyl/N-ethyl adjacent to an activating group) is 1. The number of aliphatic hydroxyl groups is 1. The van der Waals surface area contributed by atoms with Gasteiger partial charge >= 0.3 is 0 Å². The van der Waals surface area contributed by atoms with Gasteiger partial charge in [-0.2, -0.15) is 0 Å². The van der Waals surface area contributed by atoms with Crippen LogP contribution >= 0.6 is 11.8 Å². The first kappa shape index (κ1) is 28.7. The van der Waals surface area contributed by atoms with Gasteiger partial charge in [0.1, 0.15) is 6.04 Å². The number of likely N-dealkylation sites (tertiary alicyclic amines) is 1. The van der Waals surface area contributed by atoms with Crippen molar-refractivity contribution < 1.29 is 19.5 Å². The maximum absolute atomic E-state index is 14.7. The Kier molecular flexibility index (Phi) is 7.59. The lowest BCUT2D eigenvalue weighted by Gasteiger charge is -2.41. The van der Waals surface area contributed by atoms with Gasteiger partial charge < -0.3 is 24.7 Å². The van der Waals surface area contributed by atoms with Crippen LogP contribution in [0.25, 0.3) is 0 Å². The van der Waals surface area contributed by atoms with E-state index in [1.165, 1.54) is 0 Å². The van der Waals surface area contributed by atoms with E-state index in [4.69, 9.17) is 0 Å². The van der Waals surface area contributed by atoms with Crippen LogP contribution in [0.1, 0.15) is 34.6 Å². The van der Waals surface area contributed by atoms with Crippen LogP contribution in [0.3, 0.4) is 0 Å². The molecule has 4 aliphatic heterocycles. The molecule has 9 heteroatoms. The molecular formula is C31H42N4O4S. The third kappa shape index (κ3) is 4.19. The summed E-state index contributed by atoms with van der Waals surface area (Å²) in [5.74, 6) is -1.85. The second kappa shape index (κ2) is 10.6. The minimum absolute atomic E-state index is 0.0737. The number of carbonyl (C=O) groups is 3. The molecule has 2 fully saturated rings. The Labute approximate surface area is 242 Å². The van der Waals surface area contributed by atoms with Crippen molar-refractivity contribution >= 4 is 40.9 Å². The molecule has 2 saturated heterocycles. The van der Waals surface area contributed by atoms with Gasteiger partial charge in [0.2, 0.25) is 11.8 Å². The van der Waals surface area contributed by atoms with Gasteiger partial charge in [0.05, 0.1) is 29.2 Å². The molecule has 1 aromatic carbocycles. The highest BCUT2D eigenvalue weighted by molar-refractivity contribution is 8.02. The molecule has 4 heterocycles. The molecule has 1 spiro atoms. The first-order chi connectivity index (χ1) is 19.0. The number of fused-ring (bicyclic) bond motifs is 2. The summed E-state index contributed by atoms with van der Waals surface area (Å²) in [6, 6.07) is 6.63. The fraction of sp³-hybridized carbons (Fsp3) is 0.581. The number of nitrogens with zero attached hydrogens (tertiary/aromatic N) is 4. The zero-order chi connectivity index (χ0) is 29.0. The second-order valence-electron chi connectivity index (χ2n) is 11.9. The van der Waals surface area contributed by atoms with Crippen LogP contribution in [0.2, 0.25) is 0 Å². The van der Waals surface area contributed by atoms with Crippen LogP contribution in [-0.4, -0.2) is 94.0 Å². The van der Waals surface area contributed by atoms with Gasteiger partial charge in [-0.3, -0.25) is 14.4 Å². The standard InChI is InChI=1S/C31H42N4O4S/c1-7-33(8-2)21-11-13-22(14-12-21)34-18-10-16-31-25(24-27(37)32(6)17-9-15-30(24,5)40-31)28(38)35(26(31)29(34)39)23(19-36)20(3)4/h9-16,20,23-26,36H,7-8,17-19H2,1-6H3/t23-,24+,25-,26?,30-,31-/m0/s1. The Hall–Kier alpha value is -2.78. The molecule has 3 amide bonds. The van der Waals surface area contributed by atoms with E-state index in [1.54, 1.807) is 33.5 Å². The average molecular weight is 567 g/mol. The van der Waals surface area contributed by atoms with Crippen molar-refractivity contribution in [2.45, 2.75) is 56.2 Å². The molecule has 0 aromatic heterocycles. The fourth-order valence-electron chi connectivity index (χ4n) is 7.22. The highest BCUT2D eigenvalue weighted by Gasteiger charge is 2.74. The smallest absolute Gasteiger partial charge is 0.251 e. The molecule has 0 saturated carbocycles. The zero-order valence-electron chi connectivity index (χ0n) is 24.4. The highest BCUT2D eigenvalue weighted by atomic mass is 32.2. The van der Waals surface area contributed by atoms with E-state index in [2.05, 4.69) is 24.8 Å². The van der Waals surface area contributed by atoms with Crippen LogP contribution in [0.5, 0.6) is 0 Å². The summed E-state index contributed by atoms with van der Waals surface area (Å²) in [5.41, 5.74) is 1.86. The van der Waals surface area contributed by atoms with Crippen LogP contribution in [0.15, 0.2) is 48.6 Å². The monoisotopic (exact) mass is 566 g/mol. The summed E-state index contributed by atoms with van der Waals surface area (Å²) in [6.07, 6.45) is 8.08. The molecule has 1 aromatic rings. The van der Waals surface area contributed by atoms with Crippen molar-refractivity contribution in [1.29, 1.82) is 0 Å². The minimum Gasteiger partial charge on any atom is -0.394 e. The van der Waals surface area contributed by atoms with E-state index < -0.39 is 33.4 Å². The van der Waals surface area contributed by atoms with Gasteiger partial charge in [-0.1, -0.05) is 38.2 Å². The summed E-state index contributed by atoms with van der Waals surface area (Å²) in [6.45, 7) is 12.6. The molecule has 0 radical (unpaired) electrons. The number of thioether (sulfide) groups is 1. The van der Waals surface area contributed by atoms with Crippen molar-refractivity contribution in [1.82, 2.24) is 9.80 Å². The van der Waals surface area contributed by atoms with Gasteiger partial charge in [0.25, 0.3) is 5.91 Å². The fourth-order valence-corrected chi connectivity index (χ4v) is 9.37. The van der Waals surface area contributed by atoms with Crippen LogP contribution in [0.4, 0.5) is 11.4 Å². The summed E-state index contributed by atoms with van der Waals surface area (Å²) in [7, 11) is 1.77. The predicted octanol–water partition coefficient (Wildman–Crippen LogP) is 3.17. The molecule has 0 aliphatic carbocycles. The number of benzene rings is 1. The number of carbonyl (C=O) groups excluding carboxylic acids is 3. The number of hydrogen-bond acceptors (Lipinski definition) is 6. The number of aliphatic hydroxyl groups excluding tert-OH is 1. The van der Waals surface area contributed by atoms with E-state index in [9.17, 15) is 19.5 Å². The van der Waals surface area contributed by atoms with E-state index in [-0.39, 0.29) is 30.2 Å². The average Bonchev–Trinajstić information content (AvgIpc) is 3.20. The molecule has 216 valence electrons. The molecular weight excluding hydrogens is 524 g/mol. The Morgan fingerprint density at radius 3 is 2.23 bits per heavy atom. The van der Waals surface area contributed by atoms with Crippen LogP contribution in [0, 0.1) is 17.8 Å². The van der Waals surface area contributed by atoms with Gasteiger partial charge in [0.15, 0.2) is 0 Å². The van der Waals surface area contributed by atoms with E-state index in [0.717, 1.165) is 24.5 Å². The lowest BCUT2D eigenvalue weighted by Crippen LogP contribution is -2.58. The molecule has 4 aliphatic rings. The third-order valence-corrected chi connectivity index (χ3v) is 11.1. The maximum atomic E-state index is 14.7. The number of amides is 3. The third-order valence-electron chi connectivity index (χ3n) is 9.30. The van der Waals surface area contributed by atoms with E-state index in [0.29, 0.717) is 13.1 Å². The molecule has 1 unspecified atom stereocenters. The van der Waals surface area contributed by atoms with Crippen molar-refractivity contribution in [3.8, 4) is 0 Å². The summed E-state index contributed by atoms with van der Waals surface area (Å²) in [4.78, 5) is 50.3. The van der Waals surface area contributed by atoms with Crippen LogP contribution in [-0.2, 0) is 14.4 Å². The van der Waals surface area contributed by atoms with Crippen molar-refractivity contribution in [2.24, 2.45) is 17.8 Å². The van der Waals surface area contributed by atoms with E-state index >= 15 is 0 Å². The molecule has 40 heavy (non-hydrogen) atoms. The summed E-state index contributed by atoms with van der Waals surface area (Å²) < 4.78 is -1.56. The lowest BCUT2D eigenvalue weighted by molar-refractivity contribution is -0.145. The maximum Gasteiger partial charge on any atom is 0.251 e. The topological polar surface area (TPSA) is 84.4 Å². The number of rotatable bonds is 7. The Balaban J connectivity index is 1.63. The second-order valence-corrected chi connectivity index (χ2v) is 13.7. The van der Waals surface area contributed by atoms with Crippen LogP contribution < -0.4 is 9.80 Å². The van der Waals surface area contributed by atoms with Crippen molar-refractivity contribution in [2.75, 3.05) is 49.6 Å². The Morgan fingerprint density at radius 1 is 0.975 bits per heavy atom. The molecule has 8 nitrogen and oxygen atoms in total. The summed E-state index contributed by atoms with van der Waals surface area (Å²) in [5, 5.41) is 10.5. The van der Waals surface area contributed by atoms with Gasteiger partial charge in [-0.05, 0) is 51.0 Å². The lowest BCUT2D eigenvalue weighted by atomic mass is 9.74. The molecule has 0 bridgehead atoms. The van der Waals surface area contributed by atoms with Gasteiger partial charge in [-0.15, -0.1) is 11.8 Å². The normalized spacial score (nSPS) is 32.2. The number of anilines is 2. The highest BCUT2D eigenvalue weighted by Crippen LogP contribution is 2.66. The predicted molar refractivity (Wildman–Crippen MR) is 160 cm³/mol. The molecule has 5 rings (SSSR count). The Morgan fingerprint density at radius 2 is 1.62 bits per heavy atom. The molecule has 6 atom stereocenters. The van der Waals surface area contributed by atoms with Crippen molar-refractivity contribution in [3.05, 3.63) is 48.6 Å². The number of hydrogen-bond donors (Lipinski definition) is 1. The first-order valence-corrected chi connectivity index (χ1v) is 15.3. The van der Waals surface area contributed by atoms with E-state index in [1.807, 2.05) is 63.3 Å². The minimum atomic E-state index is -0.927. The first-order valence-electron chi connectivity index (χ1n) is 14.4. The largest absolute Gasteiger partial charge is 0.394 e. The molecule has 1 N–H and O–H groups in total. The van der Waals surface area contributed by atoms with Crippen molar-refractivity contribution in [3.63, 3.8) is 0 Å². The summed E-state index contributed by atoms with van der Waals surface area (Å²) >= 11 is 1.57. The zero-order valence-corrected chi connectivity index (χ0v) is 25.2. The Bertz CT molecular complexity index is 1230. The quantitative estimate of drug-likeness (QED) is 0.511. The SMILES string of the molecule is CCN(CC)c1ccc(N2CC=C[C@]34S[C@@]5(C)C=CCN(C)C(=O)[C@H]5[C@H]3C(=O)N([C@@H](CO)C(C)C)C4C2=O)cc1. The van der Waals surface area contributed by atoms with Gasteiger partial charge in [-0.25, -0.2) is 0 Å².